The number of nitrogens with one attached hydrogen (secondary N) is 1. The fourth-order valence-electron chi connectivity index (χ4n) is 2.80. The van der Waals surface area contributed by atoms with Crippen molar-refractivity contribution in [3.05, 3.63) is 11.3 Å². The summed E-state index contributed by atoms with van der Waals surface area (Å²) < 4.78 is 6.77. The van der Waals surface area contributed by atoms with Crippen LogP contribution >= 0.6 is 36.2 Å². The number of methoxy groups -OCH3 is 1. The summed E-state index contributed by atoms with van der Waals surface area (Å²) in [6.45, 7) is 0. The number of rotatable bonds is 7. The van der Waals surface area contributed by atoms with Crippen molar-refractivity contribution in [1.29, 1.82) is 0 Å². The highest BCUT2D eigenvalue weighted by Gasteiger charge is 2.66. The number of aryl methyl sites for hydroxylation is 1. The van der Waals surface area contributed by atoms with Crippen LogP contribution in [0.15, 0.2) is 16.4 Å². The van der Waals surface area contributed by atoms with Crippen LogP contribution < -0.4 is 5.32 Å². The molecule has 2 unspecified atom stereocenters. The number of ether oxygens (including phenoxy) is 1. The molecule has 27 heavy (non-hydrogen) atoms. The minimum absolute atomic E-state index is 0.0980. The molecule has 1 fully saturated rings. The van der Waals surface area contributed by atoms with Crippen LogP contribution in [0.1, 0.15) is 0 Å². The zero-order chi connectivity index (χ0) is 19.8. The van der Waals surface area contributed by atoms with Crippen molar-refractivity contribution in [3.63, 3.8) is 0 Å². The van der Waals surface area contributed by atoms with E-state index in [0.717, 1.165) is 4.90 Å². The number of thiol groups is 1. The van der Waals surface area contributed by atoms with E-state index in [9.17, 15) is 19.5 Å². The molecule has 0 bridgehead atoms. The Morgan fingerprint density at radius 3 is 2.85 bits per heavy atom. The molecule has 0 saturated carbocycles. The lowest BCUT2D eigenvalue weighted by atomic mass is 9.98. The molecule has 1 aromatic rings. The number of carbonyl (C=O) groups excluding carboxylic acids is 2. The van der Waals surface area contributed by atoms with E-state index < -0.39 is 28.9 Å². The summed E-state index contributed by atoms with van der Waals surface area (Å²) >= 11 is 6.48. The Morgan fingerprint density at radius 1 is 1.56 bits per heavy atom. The normalized spacial score (nSPS) is 24.5. The van der Waals surface area contributed by atoms with Gasteiger partial charge in [-0.2, -0.15) is 12.6 Å². The molecule has 2 N–H and O–H groups in total. The van der Waals surface area contributed by atoms with Crippen molar-refractivity contribution < 1.29 is 24.2 Å². The van der Waals surface area contributed by atoms with Crippen LogP contribution in [0.3, 0.4) is 0 Å². The molecule has 0 aromatic carbocycles. The summed E-state index contributed by atoms with van der Waals surface area (Å²) in [5.41, 5.74) is -1.12. The highest BCUT2D eigenvalue weighted by atomic mass is 32.2. The molecule has 0 aliphatic carbocycles. The summed E-state index contributed by atoms with van der Waals surface area (Å²) in [5.74, 6) is -1.78. The van der Waals surface area contributed by atoms with Gasteiger partial charge in [-0.15, -0.1) is 16.9 Å². The molecule has 11 nitrogen and oxygen atoms in total. The Bertz CT molecular complexity index is 829. The van der Waals surface area contributed by atoms with Gasteiger partial charge in [-0.3, -0.25) is 14.5 Å². The summed E-state index contributed by atoms with van der Waals surface area (Å²) in [7, 11) is 2.97. The van der Waals surface area contributed by atoms with Crippen molar-refractivity contribution in [2.75, 3.05) is 24.4 Å². The first-order valence-corrected chi connectivity index (χ1v) is 10.2. The van der Waals surface area contributed by atoms with Crippen LogP contribution in [0.5, 0.6) is 0 Å². The Hall–Kier alpha value is -1.77. The van der Waals surface area contributed by atoms with Gasteiger partial charge in [-0.25, -0.2) is 9.48 Å². The maximum Gasteiger partial charge on any atom is 0.352 e. The van der Waals surface area contributed by atoms with E-state index in [1.54, 1.807) is 7.05 Å². The average Bonchev–Trinajstić information content (AvgIpc) is 3.07. The Labute approximate surface area is 167 Å². The molecule has 2 amide bonds. The third kappa shape index (κ3) is 3.30. The monoisotopic (exact) mass is 432 g/mol. The van der Waals surface area contributed by atoms with Crippen molar-refractivity contribution >= 4 is 53.9 Å². The van der Waals surface area contributed by atoms with Crippen molar-refractivity contribution in [3.8, 4) is 0 Å². The Morgan fingerprint density at radius 2 is 2.30 bits per heavy atom. The number of β-lactam (4-membered cyclic amide) rings is 1. The number of thioether (sulfide) groups is 2. The van der Waals surface area contributed by atoms with Crippen LogP contribution in [-0.4, -0.2) is 83.5 Å². The third-order valence-corrected chi connectivity index (χ3v) is 6.82. The first kappa shape index (κ1) is 20.0. The molecule has 0 radical (unpaired) electrons. The largest absolute Gasteiger partial charge is 0.477 e. The Kier molecular flexibility index (Phi) is 5.69. The van der Waals surface area contributed by atoms with Gasteiger partial charge in [-0.1, -0.05) is 11.8 Å². The summed E-state index contributed by atoms with van der Waals surface area (Å²) in [6, 6.07) is 0. The van der Waals surface area contributed by atoms with Gasteiger partial charge >= 0.3 is 5.97 Å². The lowest BCUT2D eigenvalue weighted by Gasteiger charge is -2.55. The highest BCUT2D eigenvalue weighted by molar-refractivity contribution is 8.01. The highest BCUT2D eigenvalue weighted by Crippen LogP contribution is 2.47. The second kappa shape index (κ2) is 7.69. The van der Waals surface area contributed by atoms with Gasteiger partial charge in [0, 0.05) is 25.7 Å². The Balaban J connectivity index is 1.86. The van der Waals surface area contributed by atoms with Gasteiger partial charge in [0.15, 0.2) is 0 Å². The minimum atomic E-state index is -1.59. The average molecular weight is 433 g/mol. The molecular weight excluding hydrogens is 416 g/mol. The minimum Gasteiger partial charge on any atom is -0.477 e. The number of carbonyl (C=O) groups is 3. The maximum atomic E-state index is 12.8. The smallest absolute Gasteiger partial charge is 0.352 e. The number of amides is 2. The number of carboxylic acid groups (broad SMARTS) is 1. The number of tetrazole rings is 1. The first-order valence-electron chi connectivity index (χ1n) is 7.58. The van der Waals surface area contributed by atoms with E-state index in [0.29, 0.717) is 22.2 Å². The summed E-state index contributed by atoms with van der Waals surface area (Å²) in [4.78, 5) is 37.5. The van der Waals surface area contributed by atoms with E-state index in [1.807, 2.05) is 0 Å². The quantitative estimate of drug-likeness (QED) is 0.211. The van der Waals surface area contributed by atoms with Crippen LogP contribution in [0.2, 0.25) is 0 Å². The molecule has 2 aliphatic heterocycles. The van der Waals surface area contributed by atoms with Crippen molar-refractivity contribution in [2.45, 2.75) is 16.3 Å². The second-order valence-corrected chi connectivity index (χ2v) is 7.94. The molecule has 2 aliphatic rings. The predicted octanol–water partition coefficient (Wildman–Crippen LogP) is -1.06. The van der Waals surface area contributed by atoms with E-state index in [2.05, 4.69) is 33.5 Å². The fourth-order valence-corrected chi connectivity index (χ4v) is 5.30. The zero-order valence-electron chi connectivity index (χ0n) is 14.3. The number of hydrogen-bond donors (Lipinski definition) is 3. The van der Waals surface area contributed by atoms with Crippen LogP contribution in [0, 0.1) is 0 Å². The number of carboxylic acids is 1. The number of nitrogens with zero attached hydrogens (tertiary/aromatic N) is 5. The first-order chi connectivity index (χ1) is 12.9. The van der Waals surface area contributed by atoms with E-state index in [4.69, 9.17) is 4.74 Å². The van der Waals surface area contributed by atoms with Gasteiger partial charge in [0.2, 0.25) is 11.1 Å². The van der Waals surface area contributed by atoms with Gasteiger partial charge in [0.25, 0.3) is 11.6 Å². The number of hydrogen-bond acceptors (Lipinski definition) is 10. The van der Waals surface area contributed by atoms with E-state index >= 15 is 0 Å². The van der Waals surface area contributed by atoms with Gasteiger partial charge < -0.3 is 15.2 Å². The lowest BCUT2D eigenvalue weighted by Crippen LogP contribution is -2.80. The third-order valence-electron chi connectivity index (χ3n) is 4.06. The van der Waals surface area contributed by atoms with Gasteiger partial charge in [-0.05, 0) is 16.0 Å². The predicted molar refractivity (Wildman–Crippen MR) is 99.0 cm³/mol. The molecule has 146 valence electrons. The molecule has 1 saturated heterocycles. The molecule has 14 heteroatoms. The maximum absolute atomic E-state index is 12.8. The van der Waals surface area contributed by atoms with Crippen molar-refractivity contribution in [2.24, 2.45) is 7.05 Å². The van der Waals surface area contributed by atoms with Crippen LogP contribution in [0.4, 0.5) is 0 Å². The van der Waals surface area contributed by atoms with Crippen LogP contribution in [-0.2, 0) is 26.2 Å². The lowest BCUT2D eigenvalue weighted by molar-refractivity contribution is -0.192. The summed E-state index contributed by atoms with van der Waals surface area (Å²) in [5, 5.41) is 23.1. The van der Waals surface area contributed by atoms with E-state index in [-0.39, 0.29) is 11.4 Å². The molecule has 3 heterocycles. The van der Waals surface area contributed by atoms with Crippen LogP contribution in [0.25, 0.3) is 0 Å². The standard InChI is InChI=1S/C13H16N6O5S3/c1-18-12(15-16-17-18)27-5-6-4-26-11-13(24-2,14-7(20)3-25)10(23)19(11)8(6)9(21)22/h11,25H,3-5H2,1-2H3,(H,14,20)(H,21,22). The molecular formula is C13H16N6O5S3. The second-order valence-electron chi connectivity index (χ2n) is 5.62. The van der Waals surface area contributed by atoms with Gasteiger partial charge in [0.1, 0.15) is 11.1 Å². The molecule has 2 atom stereocenters. The summed E-state index contributed by atoms with van der Waals surface area (Å²) in [6.07, 6.45) is 0. The fraction of sp³-hybridized carbons (Fsp3) is 0.538. The molecule has 3 rings (SSSR count). The SMILES string of the molecule is COC1(NC(=O)CS)C(=O)N2C(C(=O)O)=C(CSc3nnnn3C)CSC21. The molecule has 0 spiro atoms. The zero-order valence-corrected chi connectivity index (χ0v) is 16.8. The number of aromatic nitrogens is 4. The topological polar surface area (TPSA) is 140 Å². The number of aliphatic carboxylic acids is 1. The number of fused-ring (bicyclic) bond motifs is 1. The van der Waals surface area contributed by atoms with E-state index in [1.165, 1.54) is 35.3 Å². The van der Waals surface area contributed by atoms with Gasteiger partial charge in [0.05, 0.1) is 5.75 Å². The molecule has 1 aromatic heterocycles. The van der Waals surface area contributed by atoms with Crippen molar-refractivity contribution in [1.82, 2.24) is 30.4 Å².